The second-order valence-corrected chi connectivity index (χ2v) is 14.6. The number of benzene rings is 8. The van der Waals surface area contributed by atoms with Crippen LogP contribution in [0.25, 0.3) is 60.5 Å². The van der Waals surface area contributed by atoms with E-state index in [1.165, 1.54) is 60.4 Å². The number of para-hydroxylation sites is 2. The molecule has 0 saturated heterocycles. The van der Waals surface area contributed by atoms with Gasteiger partial charge in [0, 0.05) is 56.0 Å². The van der Waals surface area contributed by atoms with E-state index in [2.05, 4.69) is 193 Å². The number of nitrogens with zero attached hydrogens (tertiary/aromatic N) is 2. The summed E-state index contributed by atoms with van der Waals surface area (Å²) in [6, 6.07) is 61.7. The van der Waals surface area contributed by atoms with Crippen molar-refractivity contribution in [2.45, 2.75) is 19.3 Å². The highest BCUT2D eigenvalue weighted by Gasteiger charge is 2.36. The number of ether oxygens (including phenoxy) is 1. The Morgan fingerprint density at radius 3 is 2.00 bits per heavy atom. The summed E-state index contributed by atoms with van der Waals surface area (Å²) in [4.78, 5) is 2.40. The standard InChI is InChI=1S/C49H34N2O/c1-49(2)42-19-8-6-16-36(42)37-25-22-33(28-43(37)49)50(35-24-27-40-41-18-10-12-31-13-11-21-46(48(31)41)52-47(40)30-35)34-23-26-39-38-17-7-9-20-44(38)51(45(39)29-34)32-14-4-3-5-15-32/h3-30H,1-2H3. The third-order valence-corrected chi connectivity index (χ3v) is 11.4. The van der Waals surface area contributed by atoms with Gasteiger partial charge in [-0.15, -0.1) is 0 Å². The molecular formula is C49H34N2O. The number of fused-ring (bicyclic) bond motifs is 8. The second-order valence-electron chi connectivity index (χ2n) is 14.6. The minimum absolute atomic E-state index is 0.126. The molecule has 1 aliphatic carbocycles. The highest BCUT2D eigenvalue weighted by molar-refractivity contribution is 6.10. The van der Waals surface area contributed by atoms with E-state index in [0.717, 1.165) is 39.8 Å². The summed E-state index contributed by atoms with van der Waals surface area (Å²) in [5.41, 5.74) is 14.3. The number of hydrogen-bond acceptors (Lipinski definition) is 2. The molecule has 1 aliphatic heterocycles. The average Bonchev–Trinajstić information content (AvgIpc) is 3.63. The van der Waals surface area contributed by atoms with Crippen LogP contribution in [0.2, 0.25) is 0 Å². The average molecular weight is 667 g/mol. The first-order valence-corrected chi connectivity index (χ1v) is 18.0. The fraction of sp³-hybridized carbons (Fsp3) is 0.0612. The predicted octanol–water partition coefficient (Wildman–Crippen LogP) is 13.5. The molecule has 0 amide bonds. The fourth-order valence-electron chi connectivity index (χ4n) is 8.92. The normalized spacial score (nSPS) is 13.5. The Kier molecular flexibility index (Phi) is 6.01. The maximum Gasteiger partial charge on any atom is 0.137 e. The Morgan fingerprint density at radius 2 is 1.12 bits per heavy atom. The zero-order valence-corrected chi connectivity index (χ0v) is 29.0. The molecule has 0 fully saturated rings. The van der Waals surface area contributed by atoms with Crippen molar-refractivity contribution in [1.29, 1.82) is 0 Å². The van der Waals surface area contributed by atoms with Gasteiger partial charge in [0.1, 0.15) is 11.5 Å². The van der Waals surface area contributed by atoms with E-state index in [4.69, 9.17) is 4.74 Å². The Labute approximate surface area is 302 Å². The van der Waals surface area contributed by atoms with Gasteiger partial charge in [-0.05, 0) is 93.9 Å². The lowest BCUT2D eigenvalue weighted by molar-refractivity contribution is 0.487. The first kappa shape index (κ1) is 29.2. The van der Waals surface area contributed by atoms with E-state index in [9.17, 15) is 0 Å². The van der Waals surface area contributed by atoms with E-state index in [0.29, 0.717) is 0 Å². The van der Waals surface area contributed by atoms with Crippen molar-refractivity contribution in [3.05, 3.63) is 181 Å². The van der Waals surface area contributed by atoms with Crippen molar-refractivity contribution in [3.63, 3.8) is 0 Å². The minimum atomic E-state index is -0.126. The van der Waals surface area contributed by atoms with Crippen molar-refractivity contribution in [1.82, 2.24) is 4.57 Å². The molecule has 2 aliphatic rings. The van der Waals surface area contributed by atoms with Crippen LogP contribution in [0.4, 0.5) is 17.1 Å². The van der Waals surface area contributed by atoms with Gasteiger partial charge in [-0.3, -0.25) is 0 Å². The molecule has 0 spiro atoms. The van der Waals surface area contributed by atoms with Crippen LogP contribution in [0.3, 0.4) is 0 Å². The van der Waals surface area contributed by atoms with Crippen LogP contribution >= 0.6 is 0 Å². The second kappa shape index (κ2) is 10.7. The molecule has 0 atom stereocenters. The van der Waals surface area contributed by atoms with Gasteiger partial charge in [0.15, 0.2) is 0 Å². The molecule has 3 heteroatoms. The van der Waals surface area contributed by atoms with E-state index in [-0.39, 0.29) is 5.41 Å². The van der Waals surface area contributed by atoms with Gasteiger partial charge in [-0.2, -0.15) is 0 Å². The molecule has 0 N–H and O–H groups in total. The first-order chi connectivity index (χ1) is 25.5. The summed E-state index contributed by atoms with van der Waals surface area (Å²) in [7, 11) is 0. The van der Waals surface area contributed by atoms with Gasteiger partial charge in [-0.25, -0.2) is 0 Å². The lowest BCUT2D eigenvalue weighted by Crippen LogP contribution is -2.16. The SMILES string of the molecule is CC1(C)c2ccccc2-c2ccc(N(c3ccc4c(c3)Oc3cccc5cccc-4c35)c3ccc4c5ccccc5n(-c5ccccc5)c4c3)cc21. The molecule has 3 nitrogen and oxygen atoms in total. The van der Waals surface area contributed by atoms with Gasteiger partial charge in [0.05, 0.1) is 11.0 Å². The quantitative estimate of drug-likeness (QED) is 0.186. The summed E-state index contributed by atoms with van der Waals surface area (Å²) in [6.45, 7) is 4.70. The number of anilines is 3. The number of aromatic nitrogens is 1. The molecule has 8 aromatic carbocycles. The molecule has 1 aromatic heterocycles. The summed E-state index contributed by atoms with van der Waals surface area (Å²) in [6.07, 6.45) is 0. The topological polar surface area (TPSA) is 17.4 Å². The van der Waals surface area contributed by atoms with Crippen LogP contribution in [-0.2, 0) is 5.41 Å². The van der Waals surface area contributed by atoms with Gasteiger partial charge in [0.25, 0.3) is 0 Å². The summed E-state index contributed by atoms with van der Waals surface area (Å²) < 4.78 is 9.11. The van der Waals surface area contributed by atoms with E-state index < -0.39 is 0 Å². The van der Waals surface area contributed by atoms with Crippen LogP contribution in [-0.4, -0.2) is 4.57 Å². The van der Waals surface area contributed by atoms with Crippen LogP contribution in [0, 0.1) is 0 Å². The van der Waals surface area contributed by atoms with Crippen molar-refractivity contribution in [3.8, 4) is 39.4 Å². The molecule has 52 heavy (non-hydrogen) atoms. The Morgan fingerprint density at radius 1 is 0.462 bits per heavy atom. The zero-order valence-electron chi connectivity index (χ0n) is 29.0. The highest BCUT2D eigenvalue weighted by Crippen LogP contribution is 2.52. The molecule has 0 bridgehead atoms. The first-order valence-electron chi connectivity index (χ1n) is 18.0. The predicted molar refractivity (Wildman–Crippen MR) is 216 cm³/mol. The maximum absolute atomic E-state index is 6.72. The molecule has 2 heterocycles. The fourth-order valence-corrected chi connectivity index (χ4v) is 8.92. The highest BCUT2D eigenvalue weighted by atomic mass is 16.5. The molecule has 0 unspecified atom stereocenters. The van der Waals surface area contributed by atoms with E-state index in [1.807, 2.05) is 0 Å². The monoisotopic (exact) mass is 666 g/mol. The van der Waals surface area contributed by atoms with Crippen LogP contribution in [0.15, 0.2) is 170 Å². The maximum atomic E-state index is 6.72. The van der Waals surface area contributed by atoms with Gasteiger partial charge in [-0.1, -0.05) is 117 Å². The van der Waals surface area contributed by atoms with Gasteiger partial charge < -0.3 is 14.2 Å². The van der Waals surface area contributed by atoms with Crippen molar-refractivity contribution in [2.24, 2.45) is 0 Å². The molecule has 0 radical (unpaired) electrons. The molecule has 0 saturated carbocycles. The van der Waals surface area contributed by atoms with Crippen LogP contribution < -0.4 is 9.64 Å². The Balaban J connectivity index is 1.15. The van der Waals surface area contributed by atoms with Crippen LogP contribution in [0.1, 0.15) is 25.0 Å². The van der Waals surface area contributed by atoms with Crippen molar-refractivity contribution >= 4 is 49.6 Å². The smallest absolute Gasteiger partial charge is 0.137 e. The third-order valence-electron chi connectivity index (χ3n) is 11.4. The molecule has 9 aromatic rings. The van der Waals surface area contributed by atoms with Crippen LogP contribution in [0.5, 0.6) is 11.5 Å². The lowest BCUT2D eigenvalue weighted by Gasteiger charge is -2.29. The summed E-state index contributed by atoms with van der Waals surface area (Å²) in [5, 5.41) is 4.83. The number of rotatable bonds is 4. The molecule has 11 rings (SSSR count). The number of hydrogen-bond donors (Lipinski definition) is 0. The summed E-state index contributed by atoms with van der Waals surface area (Å²) in [5.74, 6) is 1.76. The van der Waals surface area contributed by atoms with E-state index >= 15 is 0 Å². The van der Waals surface area contributed by atoms with Crippen molar-refractivity contribution in [2.75, 3.05) is 4.90 Å². The Bertz CT molecular complexity index is 2910. The minimum Gasteiger partial charge on any atom is -0.456 e. The van der Waals surface area contributed by atoms with Gasteiger partial charge >= 0.3 is 0 Å². The Hall–Kier alpha value is -6.58. The molecule has 246 valence electrons. The zero-order chi connectivity index (χ0) is 34.6. The lowest BCUT2D eigenvalue weighted by atomic mass is 9.82. The van der Waals surface area contributed by atoms with E-state index in [1.54, 1.807) is 0 Å². The third kappa shape index (κ3) is 4.08. The summed E-state index contributed by atoms with van der Waals surface area (Å²) >= 11 is 0. The van der Waals surface area contributed by atoms with Crippen molar-refractivity contribution < 1.29 is 4.74 Å². The largest absolute Gasteiger partial charge is 0.456 e. The van der Waals surface area contributed by atoms with Gasteiger partial charge in [0.2, 0.25) is 0 Å². The molecular weight excluding hydrogens is 633 g/mol.